The van der Waals surface area contributed by atoms with E-state index >= 15 is 0 Å². The lowest BCUT2D eigenvalue weighted by atomic mass is 9.97. The topological polar surface area (TPSA) is 128 Å². The molecule has 0 aliphatic rings. The number of esters is 2. The zero-order chi connectivity index (χ0) is 26.4. The number of para-hydroxylation sites is 1. The number of nitrogens with one attached hydrogen (secondary N) is 2. The van der Waals surface area contributed by atoms with Crippen molar-refractivity contribution in [1.29, 1.82) is 0 Å². The van der Waals surface area contributed by atoms with Gasteiger partial charge in [0.05, 0.1) is 21.6 Å². The average molecular weight is 566 g/mol. The Labute approximate surface area is 218 Å². The van der Waals surface area contributed by atoms with Crippen molar-refractivity contribution in [3.63, 3.8) is 0 Å². The number of carbonyl (C=O) groups excluding carboxylic acids is 3. The Morgan fingerprint density at radius 3 is 2.11 bits per heavy atom. The summed E-state index contributed by atoms with van der Waals surface area (Å²) >= 11 is 16.5. The Morgan fingerprint density at radius 2 is 1.54 bits per heavy atom. The quantitative estimate of drug-likeness (QED) is 0.280. The van der Waals surface area contributed by atoms with Crippen LogP contribution in [0.1, 0.15) is 31.1 Å². The molecule has 0 fully saturated rings. The molecule has 13 heteroatoms. The Balaban J connectivity index is 2.10. The lowest BCUT2D eigenvalue weighted by Gasteiger charge is -2.16. The van der Waals surface area contributed by atoms with Crippen molar-refractivity contribution in [2.45, 2.75) is 29.5 Å². The van der Waals surface area contributed by atoms with E-state index in [9.17, 15) is 22.8 Å². The van der Waals surface area contributed by atoms with Gasteiger partial charge in [0.1, 0.15) is 18.9 Å². The van der Waals surface area contributed by atoms with Crippen LogP contribution in [0.5, 0.6) is 5.75 Å². The standard InChI is InChI=1S/C22H23Cl3N2O7S/c1-21(2,3)20(30)34-14-8-10-15(11-9-14)35(31,32)27-17-7-5-4-6-16(17)19(29)26-12-18(28)33-13-22(23,24)25/h4-11,27H,12-13H2,1-3H3,(H,26,29). The molecule has 0 bridgehead atoms. The molecule has 0 aliphatic carbocycles. The molecule has 2 aromatic rings. The van der Waals surface area contributed by atoms with E-state index in [-0.39, 0.29) is 21.9 Å². The minimum absolute atomic E-state index is 0.0251. The number of anilines is 1. The largest absolute Gasteiger partial charge is 0.460 e. The number of alkyl halides is 3. The molecule has 0 atom stereocenters. The highest BCUT2D eigenvalue weighted by Crippen LogP contribution is 2.26. The van der Waals surface area contributed by atoms with Gasteiger partial charge in [-0.2, -0.15) is 0 Å². The maximum Gasteiger partial charge on any atom is 0.325 e. The number of ether oxygens (including phenoxy) is 2. The third-order valence-electron chi connectivity index (χ3n) is 4.16. The molecule has 9 nitrogen and oxygen atoms in total. The predicted molar refractivity (Wildman–Crippen MR) is 132 cm³/mol. The molecule has 0 aromatic heterocycles. The molecular weight excluding hydrogens is 543 g/mol. The van der Waals surface area contributed by atoms with Crippen molar-refractivity contribution in [1.82, 2.24) is 5.32 Å². The van der Waals surface area contributed by atoms with Gasteiger partial charge in [0.15, 0.2) is 0 Å². The maximum absolute atomic E-state index is 12.9. The second-order valence-corrected chi connectivity index (χ2v) is 12.4. The summed E-state index contributed by atoms with van der Waals surface area (Å²) in [6, 6.07) is 11.0. The highest BCUT2D eigenvalue weighted by atomic mass is 35.6. The summed E-state index contributed by atoms with van der Waals surface area (Å²) in [5.74, 6) is -1.87. The normalized spacial score (nSPS) is 11.9. The molecule has 2 N–H and O–H groups in total. The van der Waals surface area contributed by atoms with Gasteiger partial charge in [-0.15, -0.1) is 0 Å². The number of sulfonamides is 1. The number of carbonyl (C=O) groups is 3. The van der Waals surface area contributed by atoms with E-state index in [1.807, 2.05) is 0 Å². The second kappa shape index (κ2) is 11.5. The predicted octanol–water partition coefficient (Wildman–Crippen LogP) is 4.08. The SMILES string of the molecule is CC(C)(C)C(=O)Oc1ccc(S(=O)(=O)Nc2ccccc2C(=O)NCC(=O)OCC(Cl)(Cl)Cl)cc1. The smallest absolute Gasteiger partial charge is 0.325 e. The Bertz CT molecular complexity index is 1190. The van der Waals surface area contributed by atoms with E-state index < -0.39 is 50.2 Å². The molecule has 190 valence electrons. The minimum Gasteiger partial charge on any atom is -0.460 e. The first-order valence-electron chi connectivity index (χ1n) is 10.0. The van der Waals surface area contributed by atoms with Gasteiger partial charge in [0.2, 0.25) is 3.79 Å². The fraction of sp³-hybridized carbons (Fsp3) is 0.318. The van der Waals surface area contributed by atoms with E-state index in [0.717, 1.165) is 0 Å². The van der Waals surface area contributed by atoms with Crippen LogP contribution in [0.3, 0.4) is 0 Å². The first-order chi connectivity index (χ1) is 16.1. The molecule has 0 saturated heterocycles. The third-order valence-corrected chi connectivity index (χ3v) is 5.87. The highest BCUT2D eigenvalue weighted by molar-refractivity contribution is 7.92. The monoisotopic (exact) mass is 564 g/mol. The van der Waals surface area contributed by atoms with Crippen molar-refractivity contribution in [2.24, 2.45) is 5.41 Å². The Kier molecular flexibility index (Phi) is 9.41. The zero-order valence-electron chi connectivity index (χ0n) is 18.9. The molecule has 0 heterocycles. The van der Waals surface area contributed by atoms with E-state index in [0.29, 0.717) is 0 Å². The molecule has 35 heavy (non-hydrogen) atoms. The lowest BCUT2D eigenvalue weighted by Crippen LogP contribution is -2.32. The number of hydrogen-bond acceptors (Lipinski definition) is 7. The Morgan fingerprint density at radius 1 is 0.943 bits per heavy atom. The Hall–Kier alpha value is -2.53. The van der Waals surface area contributed by atoms with Gasteiger partial charge < -0.3 is 14.8 Å². The van der Waals surface area contributed by atoms with Crippen LogP contribution >= 0.6 is 34.8 Å². The van der Waals surface area contributed by atoms with E-state index in [2.05, 4.69) is 10.0 Å². The van der Waals surface area contributed by atoms with Crippen LogP contribution < -0.4 is 14.8 Å². The van der Waals surface area contributed by atoms with Gasteiger partial charge >= 0.3 is 11.9 Å². The molecule has 0 saturated carbocycles. The number of amides is 1. The van der Waals surface area contributed by atoms with Crippen molar-refractivity contribution >= 4 is 68.4 Å². The molecule has 0 radical (unpaired) electrons. The molecule has 0 unspecified atom stereocenters. The number of halogens is 3. The minimum atomic E-state index is -4.11. The van der Waals surface area contributed by atoms with E-state index in [1.165, 1.54) is 48.5 Å². The number of hydrogen-bond donors (Lipinski definition) is 2. The first kappa shape index (κ1) is 28.7. The summed E-state index contributed by atoms with van der Waals surface area (Å²) in [5, 5.41) is 2.31. The van der Waals surface area contributed by atoms with Crippen molar-refractivity contribution < 1.29 is 32.3 Å². The molecule has 2 rings (SSSR count). The molecule has 2 aromatic carbocycles. The van der Waals surface area contributed by atoms with Crippen molar-refractivity contribution in [3.8, 4) is 5.75 Å². The summed E-state index contributed by atoms with van der Waals surface area (Å²) in [5.41, 5.74) is -0.792. The second-order valence-electron chi connectivity index (χ2n) is 8.22. The van der Waals surface area contributed by atoms with Gasteiger partial charge in [-0.3, -0.25) is 19.1 Å². The summed E-state index contributed by atoms with van der Waals surface area (Å²) in [6.07, 6.45) is 0. The maximum atomic E-state index is 12.9. The van der Waals surface area contributed by atoms with E-state index in [1.54, 1.807) is 20.8 Å². The summed E-state index contributed by atoms with van der Waals surface area (Å²) in [4.78, 5) is 36.1. The van der Waals surface area contributed by atoms with Gasteiger partial charge in [-0.1, -0.05) is 46.9 Å². The van der Waals surface area contributed by atoms with Crippen LogP contribution in [0.4, 0.5) is 5.69 Å². The summed E-state index contributed by atoms with van der Waals surface area (Å²) in [7, 11) is -4.11. The van der Waals surface area contributed by atoms with Crippen LogP contribution in [0.15, 0.2) is 53.4 Å². The van der Waals surface area contributed by atoms with Gasteiger partial charge in [-0.25, -0.2) is 8.42 Å². The van der Waals surface area contributed by atoms with Crippen LogP contribution in [-0.2, 0) is 24.3 Å². The fourth-order valence-electron chi connectivity index (χ4n) is 2.38. The van der Waals surface area contributed by atoms with Crippen molar-refractivity contribution in [3.05, 3.63) is 54.1 Å². The van der Waals surface area contributed by atoms with Crippen molar-refractivity contribution in [2.75, 3.05) is 17.9 Å². The highest BCUT2D eigenvalue weighted by Gasteiger charge is 2.25. The van der Waals surface area contributed by atoms with Gasteiger partial charge in [-0.05, 0) is 57.2 Å². The van der Waals surface area contributed by atoms with Crippen LogP contribution in [0.2, 0.25) is 0 Å². The lowest BCUT2D eigenvalue weighted by molar-refractivity contribution is -0.143. The fourth-order valence-corrected chi connectivity index (χ4v) is 3.63. The van der Waals surface area contributed by atoms with Gasteiger partial charge in [0, 0.05) is 0 Å². The molecular formula is C22H23Cl3N2O7S. The zero-order valence-corrected chi connectivity index (χ0v) is 22.0. The third kappa shape index (κ3) is 9.21. The van der Waals surface area contributed by atoms with Crippen LogP contribution in [0, 0.1) is 5.41 Å². The first-order valence-corrected chi connectivity index (χ1v) is 12.6. The molecule has 0 aliphatic heterocycles. The summed E-state index contributed by atoms with van der Waals surface area (Å²) < 4.78 is 36.2. The number of benzene rings is 2. The van der Waals surface area contributed by atoms with Crippen LogP contribution in [0.25, 0.3) is 0 Å². The van der Waals surface area contributed by atoms with E-state index in [4.69, 9.17) is 44.3 Å². The summed E-state index contributed by atoms with van der Waals surface area (Å²) in [6.45, 7) is 4.04. The van der Waals surface area contributed by atoms with Crippen LogP contribution in [-0.4, -0.2) is 43.2 Å². The average Bonchev–Trinajstić information content (AvgIpc) is 2.75. The molecule has 1 amide bonds. The number of rotatable bonds is 8. The molecule has 0 spiro atoms. The van der Waals surface area contributed by atoms with Gasteiger partial charge in [0.25, 0.3) is 15.9 Å².